The van der Waals surface area contributed by atoms with Crippen LogP contribution < -0.4 is 10.6 Å². The Morgan fingerprint density at radius 1 is 1.26 bits per heavy atom. The molecule has 0 radical (unpaired) electrons. The highest BCUT2D eigenvalue weighted by Crippen LogP contribution is 2.31. The first-order valence-corrected chi connectivity index (χ1v) is 7.85. The van der Waals surface area contributed by atoms with Crippen molar-refractivity contribution >= 4 is 23.3 Å². The number of halogens is 1. The molecule has 4 nitrogen and oxygen atoms in total. The summed E-state index contributed by atoms with van der Waals surface area (Å²) in [7, 11) is 1.96. The maximum Gasteiger partial charge on any atom is 0.304 e. The number of carboxylic acid groups (broad SMARTS) is 1. The Balaban J connectivity index is 2.24. The first kappa shape index (κ1) is 17.3. The van der Waals surface area contributed by atoms with Crippen molar-refractivity contribution in [2.45, 2.75) is 18.9 Å². The molecule has 5 heteroatoms. The molecule has 0 heterocycles. The third-order valence-corrected chi connectivity index (χ3v) is 4.14. The molecule has 2 aromatic carbocycles. The highest BCUT2D eigenvalue weighted by molar-refractivity contribution is 6.33. The molecular formula is C18H21ClN2O2. The molecule has 2 rings (SSSR count). The predicted octanol–water partition coefficient (Wildman–Crippen LogP) is 3.49. The van der Waals surface area contributed by atoms with Gasteiger partial charge in [-0.25, -0.2) is 0 Å². The number of rotatable bonds is 7. The second-order valence-electron chi connectivity index (χ2n) is 5.58. The van der Waals surface area contributed by atoms with Gasteiger partial charge in [0.1, 0.15) is 0 Å². The van der Waals surface area contributed by atoms with Crippen LogP contribution in [0.25, 0.3) is 0 Å². The second kappa shape index (κ2) is 7.99. The zero-order chi connectivity index (χ0) is 16.8. The molecule has 0 amide bonds. The van der Waals surface area contributed by atoms with Gasteiger partial charge in [0.05, 0.1) is 17.1 Å². The predicted molar refractivity (Wildman–Crippen MR) is 94.0 cm³/mol. The van der Waals surface area contributed by atoms with Gasteiger partial charge < -0.3 is 15.7 Å². The Bertz CT molecular complexity index is 661. The summed E-state index contributed by atoms with van der Waals surface area (Å²) in [5, 5.41) is 9.65. The van der Waals surface area contributed by atoms with Gasteiger partial charge in [0, 0.05) is 19.5 Å². The van der Waals surface area contributed by atoms with Crippen LogP contribution in [0.5, 0.6) is 0 Å². The maximum absolute atomic E-state index is 11.0. The fraction of sp³-hybridized carbons (Fsp3) is 0.278. The van der Waals surface area contributed by atoms with E-state index in [1.165, 1.54) is 5.56 Å². The molecule has 0 bridgehead atoms. The van der Waals surface area contributed by atoms with E-state index in [9.17, 15) is 4.79 Å². The highest BCUT2D eigenvalue weighted by Gasteiger charge is 2.16. The number of anilines is 1. The maximum atomic E-state index is 11.0. The molecule has 0 aromatic heterocycles. The molecule has 0 aliphatic heterocycles. The fourth-order valence-electron chi connectivity index (χ4n) is 2.57. The zero-order valence-electron chi connectivity index (χ0n) is 13.1. The Morgan fingerprint density at radius 2 is 1.96 bits per heavy atom. The van der Waals surface area contributed by atoms with Gasteiger partial charge in [0.15, 0.2) is 0 Å². The SMILES string of the molecule is CN(Cc1ccccc1)c1cc([C@H](CN)CC(=O)O)ccc1Cl. The molecule has 2 aromatic rings. The average Bonchev–Trinajstić information content (AvgIpc) is 2.54. The number of nitrogens with two attached hydrogens (primary N) is 1. The summed E-state index contributed by atoms with van der Waals surface area (Å²) < 4.78 is 0. The Kier molecular flexibility index (Phi) is 6.02. The molecule has 0 unspecified atom stereocenters. The van der Waals surface area contributed by atoms with Crippen molar-refractivity contribution < 1.29 is 9.90 Å². The van der Waals surface area contributed by atoms with Crippen LogP contribution in [0.4, 0.5) is 5.69 Å². The lowest BCUT2D eigenvalue weighted by atomic mass is 9.95. The van der Waals surface area contributed by atoms with Crippen LogP contribution in [-0.4, -0.2) is 24.7 Å². The lowest BCUT2D eigenvalue weighted by Gasteiger charge is -2.23. The van der Waals surface area contributed by atoms with E-state index >= 15 is 0 Å². The van der Waals surface area contributed by atoms with Gasteiger partial charge in [-0.15, -0.1) is 0 Å². The average molecular weight is 333 g/mol. The number of carbonyl (C=O) groups is 1. The van der Waals surface area contributed by atoms with Crippen LogP contribution in [0.3, 0.4) is 0 Å². The molecule has 122 valence electrons. The Labute approximate surface area is 141 Å². The summed E-state index contributed by atoms with van der Waals surface area (Å²) in [6, 6.07) is 15.7. The van der Waals surface area contributed by atoms with Crippen molar-refractivity contribution in [2.75, 3.05) is 18.5 Å². The normalized spacial score (nSPS) is 12.0. The minimum atomic E-state index is -0.852. The van der Waals surface area contributed by atoms with Gasteiger partial charge in [0.25, 0.3) is 0 Å². The summed E-state index contributed by atoms with van der Waals surface area (Å²) in [5.41, 5.74) is 8.68. The van der Waals surface area contributed by atoms with Crippen LogP contribution in [0.1, 0.15) is 23.5 Å². The van der Waals surface area contributed by atoms with Crippen LogP contribution in [-0.2, 0) is 11.3 Å². The largest absolute Gasteiger partial charge is 0.481 e. The van der Waals surface area contributed by atoms with Gasteiger partial charge in [0.2, 0.25) is 0 Å². The molecule has 1 atom stereocenters. The number of hydrogen-bond donors (Lipinski definition) is 2. The summed E-state index contributed by atoms with van der Waals surface area (Å²) in [4.78, 5) is 13.0. The topological polar surface area (TPSA) is 66.6 Å². The van der Waals surface area contributed by atoms with Gasteiger partial charge in [-0.1, -0.05) is 48.0 Å². The van der Waals surface area contributed by atoms with Crippen LogP contribution in [0, 0.1) is 0 Å². The van der Waals surface area contributed by atoms with Crippen molar-refractivity contribution in [3.8, 4) is 0 Å². The Hall–Kier alpha value is -2.04. The number of carboxylic acids is 1. The quantitative estimate of drug-likeness (QED) is 0.814. The molecule has 23 heavy (non-hydrogen) atoms. The van der Waals surface area contributed by atoms with E-state index in [1.807, 2.05) is 37.4 Å². The summed E-state index contributed by atoms with van der Waals surface area (Å²) in [6.45, 7) is 1.01. The lowest BCUT2D eigenvalue weighted by molar-refractivity contribution is -0.137. The summed E-state index contributed by atoms with van der Waals surface area (Å²) >= 11 is 6.32. The molecule has 3 N–H and O–H groups in total. The van der Waals surface area contributed by atoms with Crippen molar-refractivity contribution in [2.24, 2.45) is 5.73 Å². The molecule has 0 aliphatic carbocycles. The first-order valence-electron chi connectivity index (χ1n) is 7.47. The molecule has 0 spiro atoms. The smallest absolute Gasteiger partial charge is 0.304 e. The van der Waals surface area contributed by atoms with Crippen molar-refractivity contribution in [3.63, 3.8) is 0 Å². The number of hydrogen-bond acceptors (Lipinski definition) is 3. The van der Waals surface area contributed by atoms with E-state index in [0.29, 0.717) is 5.02 Å². The minimum Gasteiger partial charge on any atom is -0.481 e. The summed E-state index contributed by atoms with van der Waals surface area (Å²) in [5.74, 6) is -1.07. The first-order chi connectivity index (χ1) is 11.0. The van der Waals surface area contributed by atoms with E-state index in [4.69, 9.17) is 22.4 Å². The van der Waals surface area contributed by atoms with E-state index in [-0.39, 0.29) is 18.9 Å². The molecule has 0 fully saturated rings. The number of nitrogens with zero attached hydrogens (tertiary/aromatic N) is 1. The molecule has 0 saturated heterocycles. The number of aliphatic carboxylic acids is 1. The zero-order valence-corrected chi connectivity index (χ0v) is 13.8. The Morgan fingerprint density at radius 3 is 2.57 bits per heavy atom. The van der Waals surface area contributed by atoms with Crippen LogP contribution >= 0.6 is 11.6 Å². The van der Waals surface area contributed by atoms with Crippen molar-refractivity contribution in [3.05, 3.63) is 64.7 Å². The van der Waals surface area contributed by atoms with Crippen molar-refractivity contribution in [1.29, 1.82) is 0 Å². The highest BCUT2D eigenvalue weighted by atomic mass is 35.5. The minimum absolute atomic E-state index is 0.0139. The van der Waals surface area contributed by atoms with Gasteiger partial charge in [-0.05, 0) is 29.8 Å². The van der Waals surface area contributed by atoms with Gasteiger partial charge in [-0.2, -0.15) is 0 Å². The van der Waals surface area contributed by atoms with E-state index < -0.39 is 5.97 Å². The third kappa shape index (κ3) is 4.71. The second-order valence-corrected chi connectivity index (χ2v) is 5.99. The number of benzene rings is 2. The van der Waals surface area contributed by atoms with E-state index in [2.05, 4.69) is 17.0 Å². The molecular weight excluding hydrogens is 312 g/mol. The standard InChI is InChI=1S/C18H21ClN2O2/c1-21(12-13-5-3-2-4-6-13)17-9-14(7-8-16(17)19)15(11-20)10-18(22)23/h2-9,15H,10-12,20H2,1H3,(H,22,23)/t15-/m0/s1. The monoisotopic (exact) mass is 332 g/mol. The third-order valence-electron chi connectivity index (χ3n) is 3.82. The summed E-state index contributed by atoms with van der Waals surface area (Å²) in [6.07, 6.45) is 0.0139. The van der Waals surface area contributed by atoms with E-state index in [0.717, 1.165) is 17.8 Å². The lowest BCUT2D eigenvalue weighted by Crippen LogP contribution is -2.19. The van der Waals surface area contributed by atoms with Gasteiger partial charge in [-0.3, -0.25) is 4.79 Å². The molecule has 0 saturated carbocycles. The van der Waals surface area contributed by atoms with E-state index in [1.54, 1.807) is 6.07 Å². The van der Waals surface area contributed by atoms with Crippen LogP contribution in [0.15, 0.2) is 48.5 Å². The fourth-order valence-corrected chi connectivity index (χ4v) is 2.83. The van der Waals surface area contributed by atoms with Gasteiger partial charge >= 0.3 is 5.97 Å². The van der Waals surface area contributed by atoms with Crippen molar-refractivity contribution in [1.82, 2.24) is 0 Å². The molecule has 0 aliphatic rings. The van der Waals surface area contributed by atoms with Crippen LogP contribution in [0.2, 0.25) is 5.02 Å².